The molecule has 4 heteroatoms. The van der Waals surface area contributed by atoms with Gasteiger partial charge in [-0.1, -0.05) is 24.6 Å². The van der Waals surface area contributed by atoms with Gasteiger partial charge in [-0.05, 0) is 73.1 Å². The molecule has 0 saturated heterocycles. The second-order valence-corrected chi connectivity index (χ2v) is 9.97. The monoisotopic (exact) mass is 378 g/mol. The van der Waals surface area contributed by atoms with Gasteiger partial charge in [0.05, 0.1) is 10.8 Å². The van der Waals surface area contributed by atoms with E-state index in [0.717, 1.165) is 0 Å². The standard InChI is InChI=1S/C23H38O4/c1-8-14-23(15-10-13-18-11-9-12-18,16-26-19(24)21(2,3)4)17-27-20(25)22(5,6)7/h8,10,13,18H,1,9,11-12,14-17H2,2-7H3/b13-10+. The van der Waals surface area contributed by atoms with Crippen LogP contribution in [0.5, 0.6) is 0 Å². The molecule has 0 aromatic heterocycles. The van der Waals surface area contributed by atoms with Crippen molar-refractivity contribution in [1.82, 2.24) is 0 Å². The zero-order chi connectivity index (χ0) is 20.7. The Bertz CT molecular complexity index is 512. The molecule has 4 nitrogen and oxygen atoms in total. The van der Waals surface area contributed by atoms with Gasteiger partial charge in [0, 0.05) is 5.41 Å². The van der Waals surface area contributed by atoms with Crippen LogP contribution in [-0.2, 0) is 19.1 Å². The number of esters is 2. The van der Waals surface area contributed by atoms with Gasteiger partial charge in [0.1, 0.15) is 13.2 Å². The molecule has 0 aromatic rings. The third-order valence-electron chi connectivity index (χ3n) is 4.93. The lowest BCUT2D eigenvalue weighted by molar-refractivity contribution is -0.163. The van der Waals surface area contributed by atoms with E-state index in [1.807, 2.05) is 47.6 Å². The maximum Gasteiger partial charge on any atom is 0.311 e. The molecule has 1 rings (SSSR count). The van der Waals surface area contributed by atoms with Crippen LogP contribution >= 0.6 is 0 Å². The van der Waals surface area contributed by atoms with E-state index >= 15 is 0 Å². The third kappa shape index (κ3) is 7.90. The Morgan fingerprint density at radius 2 is 1.41 bits per heavy atom. The summed E-state index contributed by atoms with van der Waals surface area (Å²) in [5.41, 5.74) is -1.61. The number of hydrogen-bond donors (Lipinski definition) is 0. The fourth-order valence-corrected chi connectivity index (χ4v) is 2.68. The summed E-state index contributed by atoms with van der Waals surface area (Å²) in [7, 11) is 0. The fourth-order valence-electron chi connectivity index (χ4n) is 2.68. The predicted molar refractivity (Wildman–Crippen MR) is 109 cm³/mol. The molecule has 1 aliphatic carbocycles. The van der Waals surface area contributed by atoms with Crippen molar-refractivity contribution in [2.24, 2.45) is 22.2 Å². The van der Waals surface area contributed by atoms with E-state index in [2.05, 4.69) is 18.7 Å². The Hall–Kier alpha value is -1.58. The van der Waals surface area contributed by atoms with E-state index in [0.29, 0.717) is 18.8 Å². The molecular formula is C23H38O4. The molecule has 0 radical (unpaired) electrons. The van der Waals surface area contributed by atoms with Gasteiger partial charge in [-0.2, -0.15) is 0 Å². The molecule has 0 aromatic carbocycles. The van der Waals surface area contributed by atoms with E-state index in [1.165, 1.54) is 19.3 Å². The van der Waals surface area contributed by atoms with Crippen LogP contribution < -0.4 is 0 Å². The van der Waals surface area contributed by atoms with E-state index in [9.17, 15) is 9.59 Å². The molecule has 154 valence electrons. The number of ether oxygens (including phenoxy) is 2. The largest absolute Gasteiger partial charge is 0.465 e. The molecule has 0 unspecified atom stereocenters. The SMILES string of the molecule is C=CCC(C/C=C/C1CCC1)(COC(=O)C(C)(C)C)COC(=O)C(C)(C)C. The first-order valence-corrected chi connectivity index (χ1v) is 10.0. The minimum atomic E-state index is -0.566. The van der Waals surface area contributed by atoms with E-state index < -0.39 is 16.2 Å². The molecule has 0 aliphatic heterocycles. The average Bonchev–Trinajstić information content (AvgIpc) is 2.50. The van der Waals surface area contributed by atoms with Gasteiger partial charge < -0.3 is 9.47 Å². The molecule has 0 bridgehead atoms. The lowest BCUT2D eigenvalue weighted by Gasteiger charge is -2.33. The van der Waals surface area contributed by atoms with E-state index in [-0.39, 0.29) is 25.2 Å². The highest BCUT2D eigenvalue weighted by Crippen LogP contribution is 2.33. The van der Waals surface area contributed by atoms with Crippen molar-refractivity contribution in [1.29, 1.82) is 0 Å². The van der Waals surface area contributed by atoms with Crippen molar-refractivity contribution >= 4 is 11.9 Å². The number of carbonyl (C=O) groups excluding carboxylic acids is 2. The summed E-state index contributed by atoms with van der Waals surface area (Å²) in [5, 5.41) is 0. The number of rotatable bonds is 9. The smallest absolute Gasteiger partial charge is 0.311 e. The van der Waals surface area contributed by atoms with Gasteiger partial charge in [0.2, 0.25) is 0 Å². The minimum absolute atomic E-state index is 0.210. The topological polar surface area (TPSA) is 52.6 Å². The van der Waals surface area contributed by atoms with Gasteiger partial charge in [0.25, 0.3) is 0 Å². The highest BCUT2D eigenvalue weighted by Gasteiger charge is 2.35. The molecule has 0 heterocycles. The predicted octanol–water partition coefficient (Wildman–Crippen LogP) is 5.47. The van der Waals surface area contributed by atoms with Crippen molar-refractivity contribution in [3.63, 3.8) is 0 Å². The Morgan fingerprint density at radius 1 is 0.926 bits per heavy atom. The summed E-state index contributed by atoms with van der Waals surface area (Å²) in [6.45, 7) is 15.3. The first-order chi connectivity index (χ1) is 12.4. The molecule has 27 heavy (non-hydrogen) atoms. The van der Waals surface area contributed by atoms with Crippen molar-refractivity contribution < 1.29 is 19.1 Å². The highest BCUT2D eigenvalue weighted by molar-refractivity contribution is 5.76. The van der Waals surface area contributed by atoms with Crippen LogP contribution in [0.15, 0.2) is 24.8 Å². The van der Waals surface area contributed by atoms with Crippen molar-refractivity contribution in [3.8, 4) is 0 Å². The quantitative estimate of drug-likeness (QED) is 0.394. The van der Waals surface area contributed by atoms with Crippen LogP contribution in [0.25, 0.3) is 0 Å². The Labute approximate surface area is 165 Å². The summed E-state index contributed by atoms with van der Waals surface area (Å²) in [4.78, 5) is 24.6. The summed E-state index contributed by atoms with van der Waals surface area (Å²) in [6.07, 6.45) is 11.3. The van der Waals surface area contributed by atoms with Crippen LogP contribution in [0.1, 0.15) is 73.6 Å². The maximum absolute atomic E-state index is 12.3. The van der Waals surface area contributed by atoms with Gasteiger partial charge in [-0.15, -0.1) is 6.58 Å². The molecule has 0 amide bonds. The first-order valence-electron chi connectivity index (χ1n) is 10.0. The van der Waals surface area contributed by atoms with Crippen LogP contribution in [0, 0.1) is 22.2 Å². The Balaban J connectivity index is 2.89. The van der Waals surface area contributed by atoms with Gasteiger partial charge >= 0.3 is 11.9 Å². The molecule has 0 spiro atoms. The number of allylic oxidation sites excluding steroid dienone is 3. The van der Waals surface area contributed by atoms with Crippen molar-refractivity contribution in [2.45, 2.75) is 73.6 Å². The molecule has 1 saturated carbocycles. The molecule has 1 fully saturated rings. The van der Waals surface area contributed by atoms with Gasteiger partial charge in [-0.25, -0.2) is 0 Å². The lowest BCUT2D eigenvalue weighted by Crippen LogP contribution is -2.37. The van der Waals surface area contributed by atoms with Crippen LogP contribution in [-0.4, -0.2) is 25.2 Å². The van der Waals surface area contributed by atoms with E-state index in [4.69, 9.17) is 9.47 Å². The first kappa shape index (κ1) is 23.5. The second kappa shape index (κ2) is 9.57. The highest BCUT2D eigenvalue weighted by atomic mass is 16.5. The zero-order valence-electron chi connectivity index (χ0n) is 18.1. The lowest BCUT2D eigenvalue weighted by atomic mass is 9.80. The number of carbonyl (C=O) groups is 2. The molecule has 1 aliphatic rings. The Kier molecular flexibility index (Phi) is 8.31. The second-order valence-electron chi connectivity index (χ2n) is 9.97. The van der Waals surface area contributed by atoms with Gasteiger partial charge in [0.15, 0.2) is 0 Å². The summed E-state index contributed by atoms with van der Waals surface area (Å²) < 4.78 is 11.3. The van der Waals surface area contributed by atoms with Crippen LogP contribution in [0.3, 0.4) is 0 Å². The number of hydrogen-bond acceptors (Lipinski definition) is 4. The zero-order valence-corrected chi connectivity index (χ0v) is 18.1. The van der Waals surface area contributed by atoms with Crippen LogP contribution in [0.4, 0.5) is 0 Å². The third-order valence-corrected chi connectivity index (χ3v) is 4.93. The van der Waals surface area contributed by atoms with Crippen LogP contribution in [0.2, 0.25) is 0 Å². The molecular weight excluding hydrogens is 340 g/mol. The fraction of sp³-hybridized carbons (Fsp3) is 0.739. The normalized spacial score (nSPS) is 16.1. The molecule has 0 N–H and O–H groups in total. The van der Waals surface area contributed by atoms with Gasteiger partial charge in [-0.3, -0.25) is 9.59 Å². The summed E-state index contributed by atoms with van der Waals surface area (Å²) in [5.74, 6) is 0.155. The average molecular weight is 379 g/mol. The maximum atomic E-state index is 12.3. The van der Waals surface area contributed by atoms with E-state index in [1.54, 1.807) is 0 Å². The summed E-state index contributed by atoms with van der Waals surface area (Å²) >= 11 is 0. The molecule has 0 atom stereocenters. The summed E-state index contributed by atoms with van der Waals surface area (Å²) in [6, 6.07) is 0. The Morgan fingerprint density at radius 3 is 1.74 bits per heavy atom. The van der Waals surface area contributed by atoms with Crippen molar-refractivity contribution in [2.75, 3.05) is 13.2 Å². The van der Waals surface area contributed by atoms with Crippen molar-refractivity contribution in [3.05, 3.63) is 24.8 Å². The minimum Gasteiger partial charge on any atom is -0.465 e.